The van der Waals surface area contributed by atoms with Crippen molar-refractivity contribution in [3.05, 3.63) is 35.6 Å². The van der Waals surface area contributed by atoms with Crippen LogP contribution >= 0.6 is 0 Å². The van der Waals surface area contributed by atoms with Gasteiger partial charge in [-0.25, -0.2) is 0 Å². The van der Waals surface area contributed by atoms with Gasteiger partial charge < -0.3 is 14.4 Å². The Labute approximate surface area is 112 Å². The van der Waals surface area contributed by atoms with Crippen molar-refractivity contribution in [2.45, 2.75) is 25.4 Å². The van der Waals surface area contributed by atoms with E-state index in [0.717, 1.165) is 49.2 Å². The molecule has 1 N–H and O–H groups in total. The highest BCUT2D eigenvalue weighted by atomic mass is 16.4. The van der Waals surface area contributed by atoms with Crippen molar-refractivity contribution in [2.75, 3.05) is 19.6 Å². The van der Waals surface area contributed by atoms with Crippen molar-refractivity contribution >= 4 is 11.0 Å². The van der Waals surface area contributed by atoms with E-state index in [1.807, 2.05) is 12.1 Å². The molecule has 0 aliphatic carbocycles. The lowest BCUT2D eigenvalue weighted by atomic mass is 9.80. The lowest BCUT2D eigenvalue weighted by molar-refractivity contribution is -0.0653. The third-order valence-corrected chi connectivity index (χ3v) is 4.86. The number of fused-ring (bicyclic) bond motifs is 3. The maximum Gasteiger partial charge on any atom is 0.137 e. The Hall–Kier alpha value is -1.32. The Morgan fingerprint density at radius 1 is 1.32 bits per heavy atom. The van der Waals surface area contributed by atoms with Gasteiger partial charge in [-0.1, -0.05) is 11.6 Å². The molecule has 2 bridgehead atoms. The van der Waals surface area contributed by atoms with Crippen LogP contribution in [0.4, 0.5) is 0 Å². The number of furan rings is 1. The summed E-state index contributed by atoms with van der Waals surface area (Å²) in [5, 5.41) is 12.2. The van der Waals surface area contributed by atoms with Crippen molar-refractivity contribution in [2.24, 2.45) is 5.92 Å². The maximum atomic E-state index is 11.1. The van der Waals surface area contributed by atoms with Gasteiger partial charge in [0.05, 0.1) is 0 Å². The first-order valence-electron chi connectivity index (χ1n) is 7.10. The van der Waals surface area contributed by atoms with Gasteiger partial charge in [0.1, 0.15) is 16.9 Å². The maximum absolute atomic E-state index is 11.1. The number of piperidine rings is 1. The molecule has 1 aromatic heterocycles. The van der Waals surface area contributed by atoms with E-state index in [2.05, 4.69) is 24.0 Å². The smallest absolute Gasteiger partial charge is 0.137 e. The van der Waals surface area contributed by atoms with Gasteiger partial charge in [0.25, 0.3) is 0 Å². The number of benzene rings is 1. The molecule has 0 radical (unpaired) electrons. The van der Waals surface area contributed by atoms with Crippen LogP contribution in [0.1, 0.15) is 24.2 Å². The standard InChI is InChI=1S/C16H19NO2/c1-11-2-3-14-12(8-11)9-15(19-14)16(18)5-7-17-6-4-13(16)10-17/h2-3,8-9,13,18H,4-7,10H2,1H3. The first kappa shape index (κ1) is 11.5. The molecule has 2 saturated heterocycles. The minimum Gasteiger partial charge on any atom is -0.458 e. The van der Waals surface area contributed by atoms with Gasteiger partial charge in [0, 0.05) is 24.4 Å². The molecule has 0 saturated carbocycles. The number of aryl methyl sites for hydroxylation is 1. The number of rotatable bonds is 1. The van der Waals surface area contributed by atoms with Crippen LogP contribution < -0.4 is 0 Å². The van der Waals surface area contributed by atoms with Crippen LogP contribution in [0.2, 0.25) is 0 Å². The summed E-state index contributed by atoms with van der Waals surface area (Å²) in [7, 11) is 0. The second-order valence-electron chi connectivity index (χ2n) is 6.11. The molecule has 3 heterocycles. The van der Waals surface area contributed by atoms with Crippen LogP contribution in [0.3, 0.4) is 0 Å². The first-order valence-corrected chi connectivity index (χ1v) is 7.10. The molecule has 0 amide bonds. The van der Waals surface area contributed by atoms with Crippen molar-refractivity contribution in [3.8, 4) is 0 Å². The summed E-state index contributed by atoms with van der Waals surface area (Å²) in [6, 6.07) is 8.21. The molecule has 4 rings (SSSR count). The summed E-state index contributed by atoms with van der Waals surface area (Å²) in [5.74, 6) is 1.09. The summed E-state index contributed by atoms with van der Waals surface area (Å²) in [5.41, 5.74) is 1.34. The molecule has 3 heteroatoms. The molecule has 1 aromatic carbocycles. The Morgan fingerprint density at radius 3 is 3.11 bits per heavy atom. The second-order valence-corrected chi connectivity index (χ2v) is 6.11. The Kier molecular flexibility index (Phi) is 2.32. The van der Waals surface area contributed by atoms with E-state index in [1.54, 1.807) is 0 Å². The summed E-state index contributed by atoms with van der Waals surface area (Å²) < 4.78 is 5.95. The average molecular weight is 257 g/mol. The quantitative estimate of drug-likeness (QED) is 0.853. The zero-order chi connectivity index (χ0) is 13.0. The largest absolute Gasteiger partial charge is 0.458 e. The molecule has 100 valence electrons. The van der Waals surface area contributed by atoms with Gasteiger partial charge in [-0.05, 0) is 44.5 Å². The Balaban J connectivity index is 1.80. The molecule has 2 aliphatic heterocycles. The fourth-order valence-electron chi connectivity index (χ4n) is 3.66. The van der Waals surface area contributed by atoms with E-state index in [4.69, 9.17) is 4.42 Å². The molecule has 2 aromatic rings. The van der Waals surface area contributed by atoms with Gasteiger partial charge in [-0.2, -0.15) is 0 Å². The molecule has 3 nitrogen and oxygen atoms in total. The zero-order valence-electron chi connectivity index (χ0n) is 11.2. The molecule has 0 spiro atoms. The predicted octanol–water partition coefficient (Wildman–Crippen LogP) is 2.65. The SMILES string of the molecule is Cc1ccc2oc(C3(O)CCN4CCC3C4)cc2c1. The molecular formula is C16H19NO2. The van der Waals surface area contributed by atoms with Crippen LogP contribution in [0.5, 0.6) is 0 Å². The third kappa shape index (κ3) is 1.65. The number of nitrogens with zero attached hydrogens (tertiary/aromatic N) is 1. The fraction of sp³-hybridized carbons (Fsp3) is 0.500. The summed E-state index contributed by atoms with van der Waals surface area (Å²) in [4.78, 5) is 2.44. The minimum absolute atomic E-state index is 0.322. The normalized spacial score (nSPS) is 34.0. The molecule has 2 fully saturated rings. The average Bonchev–Trinajstić information content (AvgIpc) is 2.99. The number of hydrogen-bond acceptors (Lipinski definition) is 3. The predicted molar refractivity (Wildman–Crippen MR) is 74.0 cm³/mol. The molecule has 3 atom stereocenters. The number of aliphatic hydroxyl groups is 1. The van der Waals surface area contributed by atoms with Gasteiger partial charge in [0.15, 0.2) is 0 Å². The van der Waals surface area contributed by atoms with Crippen LogP contribution in [0.15, 0.2) is 28.7 Å². The van der Waals surface area contributed by atoms with Crippen LogP contribution in [-0.2, 0) is 5.60 Å². The van der Waals surface area contributed by atoms with E-state index in [0.29, 0.717) is 5.92 Å². The van der Waals surface area contributed by atoms with Gasteiger partial charge in [0.2, 0.25) is 0 Å². The highest BCUT2D eigenvalue weighted by molar-refractivity contribution is 5.78. The first-order chi connectivity index (χ1) is 9.15. The van der Waals surface area contributed by atoms with E-state index in [1.165, 1.54) is 5.56 Å². The van der Waals surface area contributed by atoms with Crippen LogP contribution in [0.25, 0.3) is 11.0 Å². The fourth-order valence-corrected chi connectivity index (χ4v) is 3.66. The highest BCUT2D eigenvalue weighted by Crippen LogP contribution is 2.44. The van der Waals surface area contributed by atoms with Crippen molar-refractivity contribution in [1.82, 2.24) is 4.90 Å². The minimum atomic E-state index is -0.764. The third-order valence-electron chi connectivity index (χ3n) is 4.86. The van der Waals surface area contributed by atoms with Crippen molar-refractivity contribution < 1.29 is 9.52 Å². The second kappa shape index (κ2) is 3.84. The van der Waals surface area contributed by atoms with Crippen molar-refractivity contribution in [3.63, 3.8) is 0 Å². The summed E-state index contributed by atoms with van der Waals surface area (Å²) in [6.45, 7) is 5.18. The summed E-state index contributed by atoms with van der Waals surface area (Å²) in [6.07, 6.45) is 1.86. The van der Waals surface area contributed by atoms with E-state index >= 15 is 0 Å². The van der Waals surface area contributed by atoms with Gasteiger partial charge in [-0.15, -0.1) is 0 Å². The van der Waals surface area contributed by atoms with Crippen LogP contribution in [0, 0.1) is 12.8 Å². The lowest BCUT2D eigenvalue weighted by Gasteiger charge is -2.37. The summed E-state index contributed by atoms with van der Waals surface area (Å²) >= 11 is 0. The van der Waals surface area contributed by atoms with Gasteiger partial charge in [-0.3, -0.25) is 0 Å². The Bertz CT molecular complexity index is 633. The topological polar surface area (TPSA) is 36.6 Å². The zero-order valence-corrected chi connectivity index (χ0v) is 11.2. The monoisotopic (exact) mass is 257 g/mol. The van der Waals surface area contributed by atoms with Crippen molar-refractivity contribution in [1.29, 1.82) is 0 Å². The Morgan fingerprint density at radius 2 is 2.21 bits per heavy atom. The molecule has 2 aliphatic rings. The van der Waals surface area contributed by atoms with E-state index in [9.17, 15) is 5.11 Å². The molecular weight excluding hydrogens is 238 g/mol. The van der Waals surface area contributed by atoms with Gasteiger partial charge >= 0.3 is 0 Å². The molecule has 3 unspecified atom stereocenters. The number of hydrogen-bond donors (Lipinski definition) is 1. The van der Waals surface area contributed by atoms with E-state index in [-0.39, 0.29) is 0 Å². The van der Waals surface area contributed by atoms with E-state index < -0.39 is 5.60 Å². The highest BCUT2D eigenvalue weighted by Gasteiger charge is 2.48. The van der Waals surface area contributed by atoms with Crippen LogP contribution in [-0.4, -0.2) is 29.6 Å². The molecule has 19 heavy (non-hydrogen) atoms. The lowest BCUT2D eigenvalue weighted by Crippen LogP contribution is -2.43.